The Balaban J connectivity index is 1.18. The Hall–Kier alpha value is -4.56. The molecule has 4 aromatic rings. The molecule has 2 amide bonds. The Morgan fingerprint density at radius 2 is 1.65 bits per heavy atom. The maximum atomic E-state index is 12.7. The molecule has 0 radical (unpaired) electrons. The van der Waals surface area contributed by atoms with Gasteiger partial charge in [-0.15, -0.1) is 11.8 Å². The van der Waals surface area contributed by atoms with Gasteiger partial charge in [-0.2, -0.15) is 5.10 Å². The number of nitrogens with zero attached hydrogens (tertiary/aromatic N) is 2. The second-order valence-electron chi connectivity index (χ2n) is 9.18. The van der Waals surface area contributed by atoms with Gasteiger partial charge in [0.15, 0.2) is 11.5 Å². The van der Waals surface area contributed by atoms with E-state index in [4.69, 9.17) is 9.47 Å². The van der Waals surface area contributed by atoms with Crippen LogP contribution in [0.1, 0.15) is 38.0 Å². The molecule has 4 aromatic carbocycles. The van der Waals surface area contributed by atoms with E-state index in [0.29, 0.717) is 36.0 Å². The van der Waals surface area contributed by atoms with Gasteiger partial charge in [-0.1, -0.05) is 72.8 Å². The quantitative estimate of drug-likeness (QED) is 0.199. The van der Waals surface area contributed by atoms with Crippen LogP contribution in [0.4, 0.5) is 0 Å². The Morgan fingerprint density at radius 1 is 0.950 bits per heavy atom. The topological polar surface area (TPSA) is 80.2 Å². The number of carbonyl (C=O) groups is 2. The lowest BCUT2D eigenvalue weighted by Gasteiger charge is -2.24. The molecule has 1 aliphatic heterocycles. The highest BCUT2D eigenvalue weighted by Crippen LogP contribution is 2.39. The van der Waals surface area contributed by atoms with Gasteiger partial charge in [-0.25, -0.2) is 5.43 Å². The Morgan fingerprint density at radius 3 is 2.35 bits per heavy atom. The maximum absolute atomic E-state index is 12.7. The van der Waals surface area contributed by atoms with Crippen LogP contribution in [0, 0.1) is 0 Å². The van der Waals surface area contributed by atoms with Gasteiger partial charge in [0, 0.05) is 12.1 Å². The molecule has 0 spiro atoms. The molecule has 1 N–H and O–H groups in total. The molecule has 7 nitrogen and oxygen atoms in total. The van der Waals surface area contributed by atoms with Crippen LogP contribution in [0.5, 0.6) is 11.5 Å². The molecule has 1 unspecified atom stereocenters. The molecule has 1 fully saturated rings. The Labute approximate surface area is 237 Å². The number of rotatable bonds is 10. The highest BCUT2D eigenvalue weighted by atomic mass is 32.2. The highest BCUT2D eigenvalue weighted by Gasteiger charge is 2.32. The summed E-state index contributed by atoms with van der Waals surface area (Å²) in [7, 11) is 1.58. The Bertz CT molecular complexity index is 1480. The lowest BCUT2D eigenvalue weighted by molar-refractivity contribution is -0.128. The van der Waals surface area contributed by atoms with Crippen LogP contribution in [-0.4, -0.2) is 35.8 Å². The first kappa shape index (κ1) is 27.0. The monoisotopic (exact) mass is 551 g/mol. The normalized spacial score (nSPS) is 14.9. The number of carbonyl (C=O) groups excluding carboxylic acids is 2. The number of methoxy groups -OCH3 is 1. The van der Waals surface area contributed by atoms with Gasteiger partial charge >= 0.3 is 0 Å². The molecule has 5 rings (SSSR count). The first-order chi connectivity index (χ1) is 19.6. The third kappa shape index (κ3) is 6.71. The third-order valence-corrected chi connectivity index (χ3v) is 7.68. The zero-order chi connectivity index (χ0) is 27.7. The molecular weight excluding hydrogens is 522 g/mol. The van der Waals surface area contributed by atoms with Crippen molar-refractivity contribution in [1.29, 1.82) is 0 Å². The SMILES string of the molecule is COc1cc(C=NNC(=O)c2ccc(C3SCC(=O)N3Cc3ccccc3)cc2)ccc1OCc1ccccc1. The summed E-state index contributed by atoms with van der Waals surface area (Å²) in [6, 6.07) is 32.6. The molecule has 1 saturated heterocycles. The lowest BCUT2D eigenvalue weighted by Crippen LogP contribution is -2.27. The molecule has 0 aliphatic carbocycles. The first-order valence-corrected chi connectivity index (χ1v) is 13.9. The van der Waals surface area contributed by atoms with Crippen LogP contribution >= 0.6 is 11.8 Å². The van der Waals surface area contributed by atoms with Gasteiger partial charge in [0.05, 0.1) is 19.1 Å². The summed E-state index contributed by atoms with van der Waals surface area (Å²) in [6.45, 7) is 0.986. The fraction of sp³-hybridized carbons (Fsp3) is 0.156. The minimum Gasteiger partial charge on any atom is -0.493 e. The summed E-state index contributed by atoms with van der Waals surface area (Å²) < 4.78 is 11.4. The summed E-state index contributed by atoms with van der Waals surface area (Å²) in [6.07, 6.45) is 1.55. The predicted octanol–water partition coefficient (Wildman–Crippen LogP) is 5.81. The van der Waals surface area contributed by atoms with E-state index in [2.05, 4.69) is 10.5 Å². The number of hydrogen-bond acceptors (Lipinski definition) is 6. The molecule has 8 heteroatoms. The minimum absolute atomic E-state index is 0.0857. The molecule has 0 bridgehead atoms. The average molecular weight is 552 g/mol. The predicted molar refractivity (Wildman–Crippen MR) is 157 cm³/mol. The van der Waals surface area contributed by atoms with Crippen molar-refractivity contribution in [3.63, 3.8) is 0 Å². The fourth-order valence-corrected chi connectivity index (χ4v) is 5.52. The number of thioether (sulfide) groups is 1. The summed E-state index contributed by atoms with van der Waals surface area (Å²) >= 11 is 1.60. The van der Waals surface area contributed by atoms with E-state index in [1.165, 1.54) is 0 Å². The molecule has 40 heavy (non-hydrogen) atoms. The van der Waals surface area contributed by atoms with E-state index in [0.717, 1.165) is 22.3 Å². The van der Waals surface area contributed by atoms with E-state index in [1.54, 1.807) is 43.3 Å². The summed E-state index contributed by atoms with van der Waals surface area (Å²) in [5.41, 5.74) is 6.93. The number of benzene rings is 4. The Kier molecular flexibility index (Phi) is 8.78. The lowest BCUT2D eigenvalue weighted by atomic mass is 10.1. The zero-order valence-electron chi connectivity index (χ0n) is 22.0. The van der Waals surface area contributed by atoms with Crippen LogP contribution in [0.3, 0.4) is 0 Å². The van der Waals surface area contributed by atoms with E-state index < -0.39 is 0 Å². The van der Waals surface area contributed by atoms with E-state index in [-0.39, 0.29) is 17.2 Å². The van der Waals surface area contributed by atoms with Crippen molar-refractivity contribution in [2.24, 2.45) is 5.10 Å². The van der Waals surface area contributed by atoms with Crippen LogP contribution in [0.2, 0.25) is 0 Å². The van der Waals surface area contributed by atoms with Crippen molar-refractivity contribution in [3.05, 3.63) is 131 Å². The average Bonchev–Trinajstić information content (AvgIpc) is 3.36. The van der Waals surface area contributed by atoms with Crippen molar-refractivity contribution in [3.8, 4) is 11.5 Å². The van der Waals surface area contributed by atoms with Crippen molar-refractivity contribution in [2.45, 2.75) is 18.5 Å². The number of amides is 2. The van der Waals surface area contributed by atoms with Crippen molar-refractivity contribution in [2.75, 3.05) is 12.9 Å². The fourth-order valence-electron chi connectivity index (χ4n) is 4.33. The molecule has 0 aromatic heterocycles. The van der Waals surface area contributed by atoms with Gasteiger partial charge in [0.2, 0.25) is 5.91 Å². The molecule has 1 aliphatic rings. The van der Waals surface area contributed by atoms with Crippen LogP contribution in [-0.2, 0) is 17.9 Å². The van der Waals surface area contributed by atoms with Crippen LogP contribution < -0.4 is 14.9 Å². The minimum atomic E-state index is -0.325. The van der Waals surface area contributed by atoms with E-state index >= 15 is 0 Å². The van der Waals surface area contributed by atoms with E-state index in [9.17, 15) is 9.59 Å². The van der Waals surface area contributed by atoms with Crippen molar-refractivity contribution < 1.29 is 19.1 Å². The van der Waals surface area contributed by atoms with Gasteiger partial charge in [0.1, 0.15) is 12.0 Å². The van der Waals surface area contributed by atoms with Crippen LogP contribution in [0.15, 0.2) is 108 Å². The van der Waals surface area contributed by atoms with Crippen LogP contribution in [0.25, 0.3) is 0 Å². The maximum Gasteiger partial charge on any atom is 0.271 e. The zero-order valence-corrected chi connectivity index (χ0v) is 22.8. The first-order valence-electron chi connectivity index (χ1n) is 12.8. The van der Waals surface area contributed by atoms with Gasteiger partial charge in [-0.05, 0) is 52.6 Å². The van der Waals surface area contributed by atoms with E-state index in [1.807, 2.05) is 89.8 Å². The second-order valence-corrected chi connectivity index (χ2v) is 10.2. The van der Waals surface area contributed by atoms with Crippen molar-refractivity contribution in [1.82, 2.24) is 10.3 Å². The number of hydrazone groups is 1. The summed E-state index contributed by atoms with van der Waals surface area (Å²) in [5.74, 6) is 1.43. The molecule has 1 atom stereocenters. The molecule has 0 saturated carbocycles. The molecule has 1 heterocycles. The number of hydrogen-bond donors (Lipinski definition) is 1. The van der Waals surface area contributed by atoms with Gasteiger partial charge < -0.3 is 14.4 Å². The molecular formula is C32H29N3O4S. The largest absolute Gasteiger partial charge is 0.493 e. The molecule has 202 valence electrons. The van der Waals surface area contributed by atoms with Gasteiger partial charge in [-0.3, -0.25) is 9.59 Å². The summed E-state index contributed by atoms with van der Waals surface area (Å²) in [5, 5.41) is 4.02. The number of nitrogens with one attached hydrogen (secondary N) is 1. The number of ether oxygens (including phenoxy) is 2. The summed E-state index contributed by atoms with van der Waals surface area (Å²) in [4.78, 5) is 27.1. The third-order valence-electron chi connectivity index (χ3n) is 6.43. The smallest absolute Gasteiger partial charge is 0.271 e. The standard InChI is InChI=1S/C32H29N3O4S/c1-38-29-18-25(12-17-28(29)39-21-24-10-6-3-7-11-24)19-33-34-31(37)26-13-15-27(16-14-26)32-35(30(36)22-40-32)20-23-8-4-2-5-9-23/h2-19,32H,20-22H2,1H3,(H,34,37). The highest BCUT2D eigenvalue weighted by molar-refractivity contribution is 8.00. The second kappa shape index (κ2) is 13.0. The van der Waals surface area contributed by atoms with Gasteiger partial charge in [0.25, 0.3) is 5.91 Å². The van der Waals surface area contributed by atoms with Crippen molar-refractivity contribution >= 4 is 29.8 Å².